The monoisotopic (exact) mass is 264 g/mol. The molecule has 1 aliphatic rings. The molecule has 1 aliphatic heterocycles. The smallest absolute Gasteiger partial charge is 0.0625 e. The minimum absolute atomic E-state index is 0.684. The number of nitrogens with zero attached hydrogens (tertiary/aromatic N) is 3. The minimum atomic E-state index is 0.684. The molecule has 1 aromatic heterocycles. The molecule has 0 bridgehead atoms. The molecule has 1 fully saturated rings. The first-order valence-corrected chi connectivity index (χ1v) is 7.78. The van der Waals surface area contributed by atoms with E-state index in [1.54, 1.807) is 0 Å². The van der Waals surface area contributed by atoms with Gasteiger partial charge < -0.3 is 5.32 Å². The normalized spacial score (nSPS) is 20.9. The van der Waals surface area contributed by atoms with Gasteiger partial charge in [-0.15, -0.1) is 0 Å². The van der Waals surface area contributed by atoms with Gasteiger partial charge in [-0.3, -0.25) is 9.58 Å². The maximum Gasteiger partial charge on any atom is 0.0625 e. The van der Waals surface area contributed by atoms with Gasteiger partial charge in [0.25, 0.3) is 0 Å². The molecule has 1 atom stereocenters. The summed E-state index contributed by atoms with van der Waals surface area (Å²) >= 11 is 0. The predicted molar refractivity (Wildman–Crippen MR) is 79.3 cm³/mol. The summed E-state index contributed by atoms with van der Waals surface area (Å²) < 4.78 is 2.17. The lowest BCUT2D eigenvalue weighted by atomic mass is 10.1. The van der Waals surface area contributed by atoms with Crippen LogP contribution in [0.4, 0.5) is 0 Å². The predicted octanol–water partition coefficient (Wildman–Crippen LogP) is 2.04. The standard InChI is InChI=1S/C15H28N4/c1-4-7-14-11-16-8-9-18(14)12-15-10-13(5-2)17-19(15)6-3/h10,14,16H,4-9,11-12H2,1-3H3. The van der Waals surface area contributed by atoms with Crippen LogP contribution in [0.15, 0.2) is 6.07 Å². The van der Waals surface area contributed by atoms with Crippen LogP contribution in [0.2, 0.25) is 0 Å². The van der Waals surface area contributed by atoms with Crippen molar-refractivity contribution >= 4 is 0 Å². The zero-order chi connectivity index (χ0) is 13.7. The fourth-order valence-electron chi connectivity index (χ4n) is 2.93. The van der Waals surface area contributed by atoms with Crippen LogP contribution < -0.4 is 5.32 Å². The Kier molecular flexibility index (Phi) is 5.40. The van der Waals surface area contributed by atoms with Gasteiger partial charge in [-0.25, -0.2) is 0 Å². The molecular formula is C15H28N4. The third-order valence-corrected chi connectivity index (χ3v) is 4.03. The lowest BCUT2D eigenvalue weighted by Crippen LogP contribution is -2.50. The summed E-state index contributed by atoms with van der Waals surface area (Å²) in [7, 11) is 0. The largest absolute Gasteiger partial charge is 0.314 e. The molecule has 4 nitrogen and oxygen atoms in total. The van der Waals surface area contributed by atoms with Crippen molar-refractivity contribution in [3.05, 3.63) is 17.5 Å². The first kappa shape index (κ1) is 14.5. The van der Waals surface area contributed by atoms with Crippen molar-refractivity contribution in [3.8, 4) is 0 Å². The van der Waals surface area contributed by atoms with Crippen molar-refractivity contribution in [1.82, 2.24) is 20.0 Å². The average molecular weight is 264 g/mol. The third kappa shape index (κ3) is 3.57. The van der Waals surface area contributed by atoms with Crippen LogP contribution in [0.5, 0.6) is 0 Å². The quantitative estimate of drug-likeness (QED) is 0.853. The Morgan fingerprint density at radius 1 is 1.37 bits per heavy atom. The lowest BCUT2D eigenvalue weighted by Gasteiger charge is -2.36. The van der Waals surface area contributed by atoms with Crippen LogP contribution in [0, 0.1) is 0 Å². The van der Waals surface area contributed by atoms with Gasteiger partial charge in [0.2, 0.25) is 0 Å². The molecule has 4 heteroatoms. The molecule has 1 unspecified atom stereocenters. The lowest BCUT2D eigenvalue weighted by molar-refractivity contribution is 0.140. The zero-order valence-corrected chi connectivity index (χ0v) is 12.7. The van der Waals surface area contributed by atoms with E-state index in [9.17, 15) is 0 Å². The Morgan fingerprint density at radius 3 is 2.89 bits per heavy atom. The molecule has 2 heterocycles. The summed E-state index contributed by atoms with van der Waals surface area (Å²) in [4.78, 5) is 2.63. The number of hydrogen-bond donors (Lipinski definition) is 1. The first-order valence-electron chi connectivity index (χ1n) is 7.78. The Morgan fingerprint density at radius 2 is 2.21 bits per heavy atom. The summed E-state index contributed by atoms with van der Waals surface area (Å²) in [6.45, 7) is 12.1. The minimum Gasteiger partial charge on any atom is -0.314 e. The van der Waals surface area contributed by atoms with Crippen molar-refractivity contribution in [2.45, 2.75) is 59.2 Å². The van der Waals surface area contributed by atoms with E-state index in [4.69, 9.17) is 0 Å². The molecule has 0 radical (unpaired) electrons. The number of hydrogen-bond acceptors (Lipinski definition) is 3. The van der Waals surface area contributed by atoms with E-state index in [-0.39, 0.29) is 0 Å². The second kappa shape index (κ2) is 7.06. The molecule has 2 rings (SSSR count). The van der Waals surface area contributed by atoms with Crippen LogP contribution in [-0.4, -0.2) is 40.4 Å². The molecule has 0 aliphatic carbocycles. The van der Waals surface area contributed by atoms with E-state index in [1.807, 2.05) is 0 Å². The molecule has 0 saturated carbocycles. The van der Waals surface area contributed by atoms with Gasteiger partial charge in [-0.1, -0.05) is 20.3 Å². The number of piperazine rings is 1. The highest BCUT2D eigenvalue weighted by Crippen LogP contribution is 2.15. The van der Waals surface area contributed by atoms with Gasteiger partial charge in [0.1, 0.15) is 0 Å². The first-order chi connectivity index (χ1) is 9.28. The summed E-state index contributed by atoms with van der Waals surface area (Å²) in [5.41, 5.74) is 2.60. The van der Waals surface area contributed by atoms with Crippen LogP contribution in [0.25, 0.3) is 0 Å². The summed E-state index contributed by atoms with van der Waals surface area (Å²) in [6, 6.07) is 2.97. The number of aryl methyl sites for hydroxylation is 2. The molecular weight excluding hydrogens is 236 g/mol. The highest BCUT2D eigenvalue weighted by atomic mass is 15.3. The molecule has 19 heavy (non-hydrogen) atoms. The Bertz CT molecular complexity index is 383. The van der Waals surface area contributed by atoms with Crippen LogP contribution >= 0.6 is 0 Å². The van der Waals surface area contributed by atoms with Crippen LogP contribution in [0.1, 0.15) is 45.0 Å². The van der Waals surface area contributed by atoms with Crippen molar-refractivity contribution in [2.24, 2.45) is 0 Å². The summed E-state index contributed by atoms with van der Waals surface area (Å²) in [6.07, 6.45) is 3.57. The Hall–Kier alpha value is -0.870. The average Bonchev–Trinajstić information content (AvgIpc) is 2.83. The van der Waals surface area contributed by atoms with E-state index >= 15 is 0 Å². The Labute approximate surface area is 117 Å². The SMILES string of the molecule is CCCC1CNCCN1Cc1cc(CC)nn1CC. The molecule has 1 saturated heterocycles. The van der Waals surface area contributed by atoms with Gasteiger partial charge in [0.05, 0.1) is 11.4 Å². The Balaban J connectivity index is 2.07. The van der Waals surface area contributed by atoms with E-state index in [2.05, 4.69) is 46.8 Å². The van der Waals surface area contributed by atoms with E-state index in [0.717, 1.165) is 39.1 Å². The van der Waals surface area contributed by atoms with Gasteiger partial charge in [-0.05, 0) is 25.8 Å². The highest BCUT2D eigenvalue weighted by Gasteiger charge is 2.22. The van der Waals surface area contributed by atoms with Crippen LogP contribution in [0.3, 0.4) is 0 Å². The van der Waals surface area contributed by atoms with Gasteiger partial charge in [0.15, 0.2) is 0 Å². The molecule has 108 valence electrons. The fraction of sp³-hybridized carbons (Fsp3) is 0.800. The third-order valence-electron chi connectivity index (χ3n) is 4.03. The van der Waals surface area contributed by atoms with Crippen molar-refractivity contribution in [1.29, 1.82) is 0 Å². The molecule has 1 N–H and O–H groups in total. The fourth-order valence-corrected chi connectivity index (χ4v) is 2.93. The van der Waals surface area contributed by atoms with Gasteiger partial charge in [-0.2, -0.15) is 5.10 Å². The molecule has 0 aromatic carbocycles. The summed E-state index contributed by atoms with van der Waals surface area (Å²) in [5.74, 6) is 0. The molecule has 0 spiro atoms. The highest BCUT2D eigenvalue weighted by molar-refractivity contribution is 5.11. The van der Waals surface area contributed by atoms with Gasteiger partial charge >= 0.3 is 0 Å². The maximum absolute atomic E-state index is 4.66. The van der Waals surface area contributed by atoms with Crippen molar-refractivity contribution in [3.63, 3.8) is 0 Å². The number of aromatic nitrogens is 2. The van der Waals surface area contributed by atoms with Crippen molar-refractivity contribution < 1.29 is 0 Å². The van der Waals surface area contributed by atoms with Crippen LogP contribution in [-0.2, 0) is 19.5 Å². The van der Waals surface area contributed by atoms with E-state index in [1.165, 1.54) is 24.2 Å². The zero-order valence-electron chi connectivity index (χ0n) is 12.7. The number of nitrogens with one attached hydrogen (secondary N) is 1. The second-order valence-corrected chi connectivity index (χ2v) is 5.41. The van der Waals surface area contributed by atoms with Gasteiger partial charge in [0, 0.05) is 38.8 Å². The topological polar surface area (TPSA) is 33.1 Å². The van der Waals surface area contributed by atoms with E-state index in [0.29, 0.717) is 6.04 Å². The van der Waals surface area contributed by atoms with Crippen molar-refractivity contribution in [2.75, 3.05) is 19.6 Å². The molecule has 0 amide bonds. The van der Waals surface area contributed by atoms with E-state index < -0.39 is 0 Å². The molecule has 1 aromatic rings. The maximum atomic E-state index is 4.66. The second-order valence-electron chi connectivity index (χ2n) is 5.41. The number of rotatable bonds is 6. The summed E-state index contributed by atoms with van der Waals surface area (Å²) in [5, 5.41) is 8.17.